The molecule has 1 aliphatic rings. The van der Waals surface area contributed by atoms with Crippen molar-refractivity contribution in [2.45, 2.75) is 39.3 Å². The number of carbonyl (C=O) groups excluding carboxylic acids is 2. The Balaban J connectivity index is 1.67. The number of aromatic nitrogens is 2. The van der Waals surface area contributed by atoms with Crippen molar-refractivity contribution < 1.29 is 9.59 Å². The van der Waals surface area contributed by atoms with E-state index in [0.717, 1.165) is 23.6 Å². The summed E-state index contributed by atoms with van der Waals surface area (Å²) in [4.78, 5) is 35.1. The van der Waals surface area contributed by atoms with Crippen LogP contribution in [0.15, 0.2) is 30.5 Å². The van der Waals surface area contributed by atoms with Crippen molar-refractivity contribution in [3.8, 4) is 0 Å². The molecule has 0 spiro atoms. The van der Waals surface area contributed by atoms with Crippen molar-refractivity contribution in [1.82, 2.24) is 14.9 Å². The van der Waals surface area contributed by atoms with Gasteiger partial charge < -0.3 is 20.1 Å². The first-order valence-corrected chi connectivity index (χ1v) is 8.39. The number of hydrogen-bond donors (Lipinski definition) is 2. The van der Waals surface area contributed by atoms with Crippen LogP contribution in [0.2, 0.25) is 0 Å². The highest BCUT2D eigenvalue weighted by Crippen LogP contribution is 2.28. The molecule has 2 aromatic rings. The van der Waals surface area contributed by atoms with Gasteiger partial charge in [-0.05, 0) is 38.5 Å². The van der Waals surface area contributed by atoms with E-state index in [1.54, 1.807) is 23.0 Å². The number of H-pyrrole nitrogens is 1. The average molecular weight is 341 g/mol. The molecule has 7 nitrogen and oxygen atoms in total. The number of nitrogens with zero attached hydrogens (tertiary/aromatic N) is 3. The van der Waals surface area contributed by atoms with Gasteiger partial charge >= 0.3 is 6.03 Å². The van der Waals surface area contributed by atoms with Gasteiger partial charge in [0.2, 0.25) is 5.91 Å². The van der Waals surface area contributed by atoms with Gasteiger partial charge in [-0.1, -0.05) is 6.07 Å². The van der Waals surface area contributed by atoms with Gasteiger partial charge in [-0.15, -0.1) is 0 Å². The van der Waals surface area contributed by atoms with E-state index in [-0.39, 0.29) is 18.0 Å². The molecule has 2 N–H and O–H groups in total. The first-order chi connectivity index (χ1) is 11.9. The predicted molar refractivity (Wildman–Crippen MR) is 96.4 cm³/mol. The van der Waals surface area contributed by atoms with Crippen LogP contribution in [0.5, 0.6) is 0 Å². The first kappa shape index (κ1) is 17.0. The lowest BCUT2D eigenvalue weighted by Crippen LogP contribution is -2.32. The Hall–Kier alpha value is -2.83. The summed E-state index contributed by atoms with van der Waals surface area (Å²) in [5.74, 6) is 0.863. The minimum Gasteiger partial charge on any atom is -0.345 e. The van der Waals surface area contributed by atoms with E-state index in [2.05, 4.69) is 15.3 Å². The van der Waals surface area contributed by atoms with Gasteiger partial charge in [0.1, 0.15) is 5.82 Å². The Kier molecular flexibility index (Phi) is 4.74. The van der Waals surface area contributed by atoms with Crippen molar-refractivity contribution in [2.24, 2.45) is 0 Å². The van der Waals surface area contributed by atoms with Crippen molar-refractivity contribution in [3.05, 3.63) is 42.0 Å². The van der Waals surface area contributed by atoms with Crippen LogP contribution in [-0.4, -0.2) is 39.9 Å². The summed E-state index contributed by atoms with van der Waals surface area (Å²) in [7, 11) is 1.71. The third kappa shape index (κ3) is 3.81. The van der Waals surface area contributed by atoms with Crippen molar-refractivity contribution in [2.75, 3.05) is 17.3 Å². The number of rotatable bonds is 4. The van der Waals surface area contributed by atoms with E-state index in [4.69, 9.17) is 0 Å². The molecule has 1 aliphatic heterocycles. The van der Waals surface area contributed by atoms with Gasteiger partial charge in [-0.25, -0.2) is 9.78 Å². The third-order valence-electron chi connectivity index (χ3n) is 4.35. The third-order valence-corrected chi connectivity index (χ3v) is 4.35. The number of hydrogen-bond acceptors (Lipinski definition) is 3. The fraction of sp³-hybridized carbons (Fsp3) is 0.389. The van der Waals surface area contributed by atoms with Gasteiger partial charge in [0.15, 0.2) is 0 Å². The van der Waals surface area contributed by atoms with E-state index >= 15 is 0 Å². The van der Waals surface area contributed by atoms with Crippen LogP contribution < -0.4 is 10.2 Å². The number of aryl methyl sites for hydroxylation is 1. The highest BCUT2D eigenvalue weighted by molar-refractivity contribution is 5.97. The summed E-state index contributed by atoms with van der Waals surface area (Å²) in [5, 5.41) is 2.87. The van der Waals surface area contributed by atoms with E-state index in [9.17, 15) is 9.59 Å². The van der Waals surface area contributed by atoms with E-state index in [0.29, 0.717) is 18.7 Å². The maximum atomic E-state index is 12.4. The molecule has 0 bridgehead atoms. The molecule has 0 radical (unpaired) electrons. The van der Waals surface area contributed by atoms with Gasteiger partial charge in [-0.2, -0.15) is 0 Å². The molecule has 1 aromatic heterocycles. The summed E-state index contributed by atoms with van der Waals surface area (Å²) in [5.41, 5.74) is 2.44. The van der Waals surface area contributed by atoms with Crippen molar-refractivity contribution in [1.29, 1.82) is 0 Å². The molecular formula is C18H23N5O2. The summed E-state index contributed by atoms with van der Waals surface area (Å²) >= 11 is 0. The van der Waals surface area contributed by atoms with Crippen LogP contribution in [-0.2, 0) is 11.3 Å². The van der Waals surface area contributed by atoms with E-state index < -0.39 is 0 Å². The smallest absolute Gasteiger partial charge is 0.321 e. The molecule has 3 amide bonds. The number of aromatic amines is 1. The average Bonchev–Trinajstić information content (AvgIpc) is 3.13. The highest BCUT2D eigenvalue weighted by Gasteiger charge is 2.28. The van der Waals surface area contributed by atoms with E-state index in [1.807, 2.05) is 38.1 Å². The zero-order valence-electron chi connectivity index (χ0n) is 14.7. The Morgan fingerprint density at radius 3 is 2.92 bits per heavy atom. The zero-order chi connectivity index (χ0) is 18.0. The molecule has 1 aromatic carbocycles. The molecule has 0 aliphatic carbocycles. The van der Waals surface area contributed by atoms with Gasteiger partial charge in [0.05, 0.1) is 6.54 Å². The number of carbonyl (C=O) groups is 2. The molecule has 7 heteroatoms. The Bertz CT molecular complexity index is 785. The van der Waals surface area contributed by atoms with Gasteiger partial charge in [0, 0.05) is 42.8 Å². The molecule has 132 valence electrons. The first-order valence-electron chi connectivity index (χ1n) is 8.39. The summed E-state index contributed by atoms with van der Waals surface area (Å²) in [6.45, 7) is 4.35. The molecule has 2 heterocycles. The summed E-state index contributed by atoms with van der Waals surface area (Å²) in [6, 6.07) is 7.35. The number of nitrogens with one attached hydrogen (secondary N) is 2. The Morgan fingerprint density at radius 2 is 2.28 bits per heavy atom. The van der Waals surface area contributed by atoms with Crippen molar-refractivity contribution >= 4 is 23.3 Å². The molecule has 1 saturated heterocycles. The number of urea groups is 1. The monoisotopic (exact) mass is 341 g/mol. The zero-order valence-corrected chi connectivity index (χ0v) is 14.7. The highest BCUT2D eigenvalue weighted by atomic mass is 16.2. The minimum absolute atomic E-state index is 0.126. The Morgan fingerprint density at radius 1 is 1.48 bits per heavy atom. The molecule has 1 atom stereocenters. The molecule has 0 saturated carbocycles. The second-order valence-corrected chi connectivity index (χ2v) is 6.50. The van der Waals surface area contributed by atoms with Crippen LogP contribution in [0.3, 0.4) is 0 Å². The number of amides is 3. The fourth-order valence-electron chi connectivity index (χ4n) is 3.02. The fourth-order valence-corrected chi connectivity index (χ4v) is 3.02. The van der Waals surface area contributed by atoms with Gasteiger partial charge in [0.25, 0.3) is 0 Å². The minimum atomic E-state index is -0.230. The Labute approximate surface area is 147 Å². The van der Waals surface area contributed by atoms with Crippen LogP contribution in [0.4, 0.5) is 16.2 Å². The predicted octanol–water partition coefficient (Wildman–Crippen LogP) is 2.90. The van der Waals surface area contributed by atoms with E-state index in [1.165, 1.54) is 0 Å². The van der Waals surface area contributed by atoms with Crippen LogP contribution in [0.25, 0.3) is 0 Å². The summed E-state index contributed by atoms with van der Waals surface area (Å²) < 4.78 is 0. The van der Waals surface area contributed by atoms with Crippen molar-refractivity contribution in [3.63, 3.8) is 0 Å². The second-order valence-electron chi connectivity index (χ2n) is 6.50. The van der Waals surface area contributed by atoms with Crippen LogP contribution in [0.1, 0.15) is 31.3 Å². The molecule has 1 fully saturated rings. The summed E-state index contributed by atoms with van der Waals surface area (Å²) in [6.07, 6.45) is 3.17. The largest absolute Gasteiger partial charge is 0.345 e. The molecule has 3 rings (SSSR count). The van der Waals surface area contributed by atoms with Gasteiger partial charge in [-0.3, -0.25) is 4.79 Å². The topological polar surface area (TPSA) is 81.3 Å². The number of anilines is 2. The lowest BCUT2D eigenvalue weighted by molar-refractivity contribution is -0.117. The second kappa shape index (κ2) is 6.96. The molecule has 0 unspecified atom stereocenters. The number of benzene rings is 1. The molecular weight excluding hydrogens is 318 g/mol. The van der Waals surface area contributed by atoms with Crippen LogP contribution in [0, 0.1) is 6.92 Å². The lowest BCUT2D eigenvalue weighted by Gasteiger charge is -2.23. The SMILES string of the molecule is Cc1cnc(CN(C)C(=O)Nc2cccc(N3C(=O)CC[C@@H]3C)c2)[nH]1. The lowest BCUT2D eigenvalue weighted by atomic mass is 10.2. The standard InChI is InChI=1S/C18H23N5O2/c1-12-10-19-16(20-12)11-22(3)18(25)21-14-5-4-6-15(9-14)23-13(2)7-8-17(23)24/h4-6,9-10,13H,7-8,11H2,1-3H3,(H,19,20)(H,21,25)/t13-/m0/s1. The number of imidazole rings is 1. The normalized spacial score (nSPS) is 17.0. The van der Waals surface area contributed by atoms with Crippen LogP contribution >= 0.6 is 0 Å². The quantitative estimate of drug-likeness (QED) is 0.897. The maximum absolute atomic E-state index is 12.4. The molecule has 25 heavy (non-hydrogen) atoms. The maximum Gasteiger partial charge on any atom is 0.321 e.